The van der Waals surface area contributed by atoms with Gasteiger partial charge in [-0.2, -0.15) is 30.7 Å². The van der Waals surface area contributed by atoms with Crippen molar-refractivity contribution >= 4 is 21.9 Å². The number of alkyl halides is 7. The lowest BCUT2D eigenvalue weighted by molar-refractivity contribution is -0.348. The highest BCUT2D eigenvalue weighted by molar-refractivity contribution is 9.10. The third-order valence-corrected chi connectivity index (χ3v) is 3.07. The van der Waals surface area contributed by atoms with Gasteiger partial charge >= 0.3 is 24.0 Å². The Morgan fingerprint density at radius 3 is 1.95 bits per heavy atom. The van der Waals surface area contributed by atoms with Crippen molar-refractivity contribution < 1.29 is 40.3 Å². The van der Waals surface area contributed by atoms with E-state index in [0.717, 1.165) is 0 Å². The average molecular weight is 397 g/mol. The fourth-order valence-corrected chi connectivity index (χ4v) is 1.57. The van der Waals surface area contributed by atoms with Crippen LogP contribution in [0.1, 0.15) is 5.56 Å². The summed E-state index contributed by atoms with van der Waals surface area (Å²) in [5, 5.41) is 0. The van der Waals surface area contributed by atoms with Crippen LogP contribution in [0.25, 0.3) is 0 Å². The molecule has 0 aliphatic heterocycles. The maximum absolute atomic E-state index is 12.9. The first kappa shape index (κ1) is 18.7. The summed E-state index contributed by atoms with van der Waals surface area (Å²) in [5.74, 6) is -15.4. The van der Waals surface area contributed by atoms with Crippen LogP contribution in [-0.4, -0.2) is 30.6 Å². The first-order chi connectivity index (χ1) is 9.89. The van der Waals surface area contributed by atoms with E-state index in [9.17, 15) is 35.5 Å². The van der Waals surface area contributed by atoms with Crippen molar-refractivity contribution in [3.05, 3.63) is 34.3 Å². The molecule has 124 valence electrons. The first-order valence-corrected chi connectivity index (χ1v) is 6.43. The van der Waals surface area contributed by atoms with Gasteiger partial charge in [0.05, 0.1) is 6.61 Å². The third kappa shape index (κ3) is 3.90. The quantitative estimate of drug-likeness (QED) is 0.545. The Morgan fingerprint density at radius 2 is 1.50 bits per heavy atom. The minimum atomic E-state index is -6.57. The molecule has 2 nitrogen and oxygen atoms in total. The van der Waals surface area contributed by atoms with Gasteiger partial charge in [-0.3, -0.25) is 0 Å². The standard InChI is InChI=1S/C12H8BrF7O2/c13-8-3-1-7(2-4-8)5-6-22-9(21)10(14,15)11(16,17)12(18,19)20/h1-4H,5-6H2. The van der Waals surface area contributed by atoms with Gasteiger partial charge in [-0.25, -0.2) is 4.79 Å². The lowest BCUT2D eigenvalue weighted by Crippen LogP contribution is -2.56. The molecular formula is C12H8BrF7O2. The molecule has 0 atom stereocenters. The summed E-state index contributed by atoms with van der Waals surface area (Å²) in [6.45, 7) is -0.760. The highest BCUT2D eigenvalue weighted by Crippen LogP contribution is 2.46. The van der Waals surface area contributed by atoms with Crippen molar-refractivity contribution in [2.45, 2.75) is 24.4 Å². The van der Waals surface area contributed by atoms with Gasteiger partial charge in [-0.05, 0) is 17.7 Å². The van der Waals surface area contributed by atoms with Gasteiger partial charge in [0.2, 0.25) is 0 Å². The van der Waals surface area contributed by atoms with Crippen LogP contribution in [0, 0.1) is 0 Å². The molecule has 0 radical (unpaired) electrons. The molecule has 0 saturated carbocycles. The van der Waals surface area contributed by atoms with Crippen molar-refractivity contribution in [3.8, 4) is 0 Å². The second kappa shape index (κ2) is 6.43. The molecule has 0 aliphatic carbocycles. The summed E-state index contributed by atoms with van der Waals surface area (Å²) in [6, 6.07) is 6.23. The smallest absolute Gasteiger partial charge is 0.460 e. The molecule has 10 heteroatoms. The number of esters is 1. The fourth-order valence-electron chi connectivity index (χ4n) is 1.31. The van der Waals surface area contributed by atoms with Crippen molar-refractivity contribution in [2.24, 2.45) is 0 Å². The Labute approximate surface area is 128 Å². The normalized spacial score (nSPS) is 13.1. The van der Waals surface area contributed by atoms with E-state index in [2.05, 4.69) is 20.7 Å². The van der Waals surface area contributed by atoms with Crippen LogP contribution in [0.2, 0.25) is 0 Å². The Bertz CT molecular complexity index is 525. The molecule has 0 aliphatic rings. The zero-order valence-electron chi connectivity index (χ0n) is 10.6. The third-order valence-electron chi connectivity index (χ3n) is 2.54. The number of hydrogen-bond acceptors (Lipinski definition) is 2. The van der Waals surface area contributed by atoms with Crippen molar-refractivity contribution in [3.63, 3.8) is 0 Å². The van der Waals surface area contributed by atoms with E-state index in [4.69, 9.17) is 0 Å². The van der Waals surface area contributed by atoms with Crippen LogP contribution in [0.5, 0.6) is 0 Å². The second-order valence-corrected chi connectivity index (χ2v) is 5.07. The number of ether oxygens (including phenoxy) is 1. The van der Waals surface area contributed by atoms with Gasteiger partial charge in [0, 0.05) is 10.9 Å². The Balaban J connectivity index is 2.66. The van der Waals surface area contributed by atoms with Gasteiger partial charge in [0.15, 0.2) is 0 Å². The number of carbonyl (C=O) groups excluding carboxylic acids is 1. The molecule has 0 fully saturated rings. The summed E-state index contributed by atoms with van der Waals surface area (Å²) in [4.78, 5) is 10.8. The van der Waals surface area contributed by atoms with Crippen molar-refractivity contribution in [1.82, 2.24) is 0 Å². The molecule has 1 aromatic rings. The van der Waals surface area contributed by atoms with E-state index in [0.29, 0.717) is 10.0 Å². The summed E-state index contributed by atoms with van der Waals surface area (Å²) in [6.07, 6.45) is -6.69. The monoisotopic (exact) mass is 396 g/mol. The van der Waals surface area contributed by atoms with E-state index >= 15 is 0 Å². The van der Waals surface area contributed by atoms with E-state index in [1.54, 1.807) is 12.1 Å². The highest BCUT2D eigenvalue weighted by atomic mass is 79.9. The zero-order chi connectivity index (χ0) is 17.2. The Morgan fingerprint density at radius 1 is 1.00 bits per heavy atom. The second-order valence-electron chi connectivity index (χ2n) is 4.16. The van der Waals surface area contributed by atoms with E-state index in [-0.39, 0.29) is 6.42 Å². The molecule has 1 aromatic carbocycles. The van der Waals surface area contributed by atoms with Gasteiger partial charge < -0.3 is 4.74 Å². The maximum atomic E-state index is 12.9. The predicted octanol–water partition coefficient (Wildman–Crippen LogP) is 4.37. The molecule has 1 rings (SSSR count). The Kier molecular flexibility index (Phi) is 5.47. The fraction of sp³-hybridized carbons (Fsp3) is 0.417. The summed E-state index contributed by atoms with van der Waals surface area (Å²) in [5.41, 5.74) is 0.516. The average Bonchev–Trinajstić information content (AvgIpc) is 2.39. The lowest BCUT2D eigenvalue weighted by Gasteiger charge is -2.26. The number of halogens is 8. The van der Waals surface area contributed by atoms with E-state index in [1.807, 2.05) is 0 Å². The van der Waals surface area contributed by atoms with Crippen LogP contribution in [0.4, 0.5) is 30.7 Å². The topological polar surface area (TPSA) is 26.3 Å². The zero-order valence-corrected chi connectivity index (χ0v) is 12.1. The molecule has 0 bridgehead atoms. The summed E-state index contributed by atoms with van der Waals surface area (Å²) >= 11 is 3.13. The van der Waals surface area contributed by atoms with Crippen LogP contribution in [-0.2, 0) is 16.0 Å². The molecule has 0 heterocycles. The van der Waals surface area contributed by atoms with Gasteiger partial charge in [0.1, 0.15) is 0 Å². The maximum Gasteiger partial charge on any atom is 0.460 e. The molecule has 0 saturated heterocycles. The lowest BCUT2D eigenvalue weighted by atomic mass is 10.1. The molecule has 0 amide bonds. The summed E-state index contributed by atoms with van der Waals surface area (Å²) < 4.78 is 91.2. The molecule has 0 aromatic heterocycles. The number of benzene rings is 1. The number of rotatable bonds is 5. The summed E-state index contributed by atoms with van der Waals surface area (Å²) in [7, 11) is 0. The molecule has 22 heavy (non-hydrogen) atoms. The molecule has 0 unspecified atom stereocenters. The minimum absolute atomic E-state index is 0.118. The van der Waals surface area contributed by atoms with Crippen molar-refractivity contribution in [1.29, 1.82) is 0 Å². The SMILES string of the molecule is O=C(OCCc1ccc(Br)cc1)C(F)(F)C(F)(F)C(F)(F)F. The van der Waals surface area contributed by atoms with Crippen LogP contribution < -0.4 is 0 Å². The Hall–Kier alpha value is -1.32. The molecule has 0 N–H and O–H groups in total. The number of carbonyl (C=O) groups is 1. The predicted molar refractivity (Wildman–Crippen MR) is 64.8 cm³/mol. The van der Waals surface area contributed by atoms with Gasteiger partial charge in [-0.15, -0.1) is 0 Å². The van der Waals surface area contributed by atoms with E-state index in [1.165, 1.54) is 12.1 Å². The van der Waals surface area contributed by atoms with Crippen LogP contribution >= 0.6 is 15.9 Å². The van der Waals surface area contributed by atoms with Gasteiger partial charge in [0.25, 0.3) is 0 Å². The first-order valence-electron chi connectivity index (χ1n) is 5.63. The number of hydrogen-bond donors (Lipinski definition) is 0. The van der Waals surface area contributed by atoms with Crippen LogP contribution in [0.3, 0.4) is 0 Å². The molecular weight excluding hydrogens is 389 g/mol. The van der Waals surface area contributed by atoms with Crippen LogP contribution in [0.15, 0.2) is 28.7 Å². The van der Waals surface area contributed by atoms with E-state index < -0.39 is 30.6 Å². The largest absolute Gasteiger partial charge is 0.461 e. The van der Waals surface area contributed by atoms with Gasteiger partial charge in [-0.1, -0.05) is 28.1 Å². The van der Waals surface area contributed by atoms with Crippen molar-refractivity contribution in [2.75, 3.05) is 6.61 Å². The minimum Gasteiger partial charge on any atom is -0.461 e. The molecule has 0 spiro atoms. The highest BCUT2D eigenvalue weighted by Gasteiger charge is 2.77.